The van der Waals surface area contributed by atoms with Crippen molar-refractivity contribution in [3.8, 4) is 0 Å². The van der Waals surface area contributed by atoms with Crippen LogP contribution in [0.4, 0.5) is 23.3 Å². The molecule has 122 valence electrons. The molecule has 1 atom stereocenters. The molecule has 0 saturated carbocycles. The average Bonchev–Trinajstić information content (AvgIpc) is 2.61. The molecule has 0 saturated heterocycles. The minimum atomic E-state index is -4.16. The van der Waals surface area contributed by atoms with Gasteiger partial charge in [-0.05, 0) is 25.8 Å². The highest BCUT2D eigenvalue weighted by molar-refractivity contribution is 7.85. The molecular weight excluding hydrogens is 326 g/mol. The van der Waals surface area contributed by atoms with Gasteiger partial charge in [-0.2, -0.15) is 8.42 Å². The molecule has 0 radical (unpaired) electrons. The molecule has 4 nitrogen and oxygen atoms in total. The number of nitrogens with zero attached hydrogens (tertiary/aromatic N) is 1. The monoisotopic (exact) mass is 340 g/mol. The summed E-state index contributed by atoms with van der Waals surface area (Å²) in [4.78, 5) is -0.333. The Labute approximate surface area is 124 Å². The summed E-state index contributed by atoms with van der Waals surface area (Å²) >= 11 is 0. The van der Waals surface area contributed by atoms with Crippen molar-refractivity contribution < 1.29 is 35.4 Å². The van der Waals surface area contributed by atoms with Gasteiger partial charge in [-0.1, -0.05) is 6.42 Å². The van der Waals surface area contributed by atoms with E-state index in [2.05, 4.69) is 0 Å². The van der Waals surface area contributed by atoms with Crippen molar-refractivity contribution in [2.45, 2.75) is 31.6 Å². The van der Waals surface area contributed by atoms with Gasteiger partial charge >= 0.3 is 5.97 Å². The van der Waals surface area contributed by atoms with Gasteiger partial charge in [0.1, 0.15) is 5.41 Å². The van der Waals surface area contributed by atoms with Gasteiger partial charge in [0.2, 0.25) is 0 Å². The summed E-state index contributed by atoms with van der Waals surface area (Å²) < 4.78 is 85.1. The molecule has 22 heavy (non-hydrogen) atoms. The number of hydrogen-bond acceptors (Lipinski definition) is 2. The van der Waals surface area contributed by atoms with Crippen LogP contribution >= 0.6 is 0 Å². The molecule has 9 heteroatoms. The van der Waals surface area contributed by atoms with Crippen LogP contribution in [0.25, 0.3) is 0 Å². The SMILES string of the molecule is CC1(CCCCS(=O)(=O)O)C(F)=[N+](F)c2ccc(F)c(F)c21. The summed E-state index contributed by atoms with van der Waals surface area (Å²) in [6.45, 7) is 1.22. The Morgan fingerprint density at radius 1 is 1.23 bits per heavy atom. The maximum atomic E-state index is 14.1. The highest BCUT2D eigenvalue weighted by Gasteiger charge is 2.54. The molecule has 0 aliphatic carbocycles. The minimum Gasteiger partial charge on any atom is -0.286 e. The van der Waals surface area contributed by atoms with Crippen molar-refractivity contribution in [3.63, 3.8) is 0 Å². The van der Waals surface area contributed by atoms with Crippen LogP contribution in [0.5, 0.6) is 0 Å². The van der Waals surface area contributed by atoms with E-state index in [4.69, 9.17) is 4.55 Å². The number of benzene rings is 1. The fourth-order valence-corrected chi connectivity index (χ4v) is 3.21. The number of fused-ring (bicyclic) bond motifs is 1. The maximum absolute atomic E-state index is 14.1. The zero-order chi connectivity index (χ0) is 16.7. The van der Waals surface area contributed by atoms with Crippen molar-refractivity contribution in [2.75, 3.05) is 5.75 Å². The minimum absolute atomic E-state index is 0.0136. The Balaban J connectivity index is 2.29. The predicted octanol–water partition coefficient (Wildman–Crippen LogP) is 3.19. The largest absolute Gasteiger partial charge is 0.391 e. The van der Waals surface area contributed by atoms with E-state index in [1.165, 1.54) is 6.92 Å². The Kier molecular flexibility index (Phi) is 4.31. The first-order chi connectivity index (χ1) is 10.1. The highest BCUT2D eigenvalue weighted by Crippen LogP contribution is 2.45. The van der Waals surface area contributed by atoms with Gasteiger partial charge < -0.3 is 0 Å². The second kappa shape index (κ2) is 5.62. The van der Waals surface area contributed by atoms with Crippen LogP contribution in [0.15, 0.2) is 12.1 Å². The topological polar surface area (TPSA) is 57.4 Å². The second-order valence-corrected chi connectivity index (χ2v) is 6.97. The van der Waals surface area contributed by atoms with Gasteiger partial charge in [-0.15, -0.1) is 4.39 Å². The lowest BCUT2D eigenvalue weighted by molar-refractivity contribution is -0.642. The zero-order valence-corrected chi connectivity index (χ0v) is 12.4. The van der Waals surface area contributed by atoms with Gasteiger partial charge in [-0.3, -0.25) is 4.55 Å². The van der Waals surface area contributed by atoms with E-state index in [1.54, 1.807) is 0 Å². The third-order valence-electron chi connectivity index (χ3n) is 3.79. The van der Waals surface area contributed by atoms with Crippen molar-refractivity contribution in [2.24, 2.45) is 0 Å². The average molecular weight is 340 g/mol. The summed E-state index contributed by atoms with van der Waals surface area (Å²) in [7, 11) is -4.16. The molecule has 1 N–H and O–H groups in total. The van der Waals surface area contributed by atoms with Gasteiger partial charge in [0, 0.05) is 6.07 Å². The fraction of sp³-hybridized carbons (Fsp3) is 0.462. The van der Waals surface area contributed by atoms with Crippen LogP contribution in [0.1, 0.15) is 31.7 Å². The van der Waals surface area contributed by atoms with E-state index < -0.39 is 50.1 Å². The van der Waals surface area contributed by atoms with E-state index in [1.807, 2.05) is 0 Å². The van der Waals surface area contributed by atoms with E-state index in [-0.39, 0.29) is 24.1 Å². The van der Waals surface area contributed by atoms with Gasteiger partial charge in [0.05, 0.1) is 20.6 Å². The number of hydrogen-bond donors (Lipinski definition) is 1. The van der Waals surface area contributed by atoms with E-state index in [0.29, 0.717) is 6.07 Å². The van der Waals surface area contributed by atoms with Crippen LogP contribution in [0.2, 0.25) is 0 Å². The first-order valence-electron chi connectivity index (χ1n) is 6.50. The Morgan fingerprint density at radius 2 is 1.86 bits per heavy atom. The lowest BCUT2D eigenvalue weighted by atomic mass is 9.79. The molecule has 0 amide bonds. The van der Waals surface area contributed by atoms with Crippen molar-refractivity contribution in [3.05, 3.63) is 29.3 Å². The van der Waals surface area contributed by atoms with E-state index >= 15 is 0 Å². The Hall–Kier alpha value is -1.48. The maximum Gasteiger partial charge on any atom is 0.391 e. The Morgan fingerprint density at radius 3 is 2.45 bits per heavy atom. The summed E-state index contributed by atoms with van der Waals surface area (Å²) in [5.41, 5.74) is -2.57. The molecule has 0 fully saturated rings. The molecule has 1 unspecified atom stereocenters. The first-order valence-corrected chi connectivity index (χ1v) is 8.11. The first kappa shape index (κ1) is 16.9. The molecule has 0 bridgehead atoms. The number of halogens is 4. The third-order valence-corrected chi connectivity index (χ3v) is 4.60. The fourth-order valence-electron chi connectivity index (χ4n) is 2.65. The standard InChI is InChI=1S/C13H13F4NO3S/c1-13(6-2-3-7-22(19,20)21)10-9(18(17)12(13)16)5-4-8(14)11(10)15/h4-5H,2-3,6-7H2,1H3/p+1. The summed E-state index contributed by atoms with van der Waals surface area (Å²) in [6, 6.07) is 1.65. The molecule has 2 rings (SSSR count). The third kappa shape index (κ3) is 2.87. The molecule has 0 aromatic heterocycles. The number of rotatable bonds is 5. The van der Waals surface area contributed by atoms with Crippen molar-refractivity contribution in [1.82, 2.24) is 0 Å². The summed E-state index contributed by atoms with van der Waals surface area (Å²) in [6.07, 6.45) is -0.0741. The zero-order valence-electron chi connectivity index (χ0n) is 11.6. The number of unbranched alkanes of at least 4 members (excludes halogenated alkanes) is 1. The molecular formula is C13H14F4NO3S+. The lowest BCUT2D eigenvalue weighted by Crippen LogP contribution is -2.29. The molecule has 1 heterocycles. The molecule has 1 aliphatic heterocycles. The summed E-state index contributed by atoms with van der Waals surface area (Å²) in [5, 5.41) is 0. The highest BCUT2D eigenvalue weighted by atomic mass is 32.2. The van der Waals surface area contributed by atoms with Crippen molar-refractivity contribution >= 4 is 21.8 Å². The quantitative estimate of drug-likeness (QED) is 0.388. The normalized spacial score (nSPS) is 21.4. The Bertz CT molecular complexity index is 748. The van der Waals surface area contributed by atoms with E-state index in [9.17, 15) is 26.1 Å². The molecule has 1 aliphatic rings. The second-order valence-electron chi connectivity index (χ2n) is 5.40. The molecule has 1 aromatic rings. The van der Waals surface area contributed by atoms with Crippen molar-refractivity contribution in [1.29, 1.82) is 0 Å². The summed E-state index contributed by atoms with van der Waals surface area (Å²) in [5.74, 6) is -4.36. The van der Waals surface area contributed by atoms with Gasteiger partial charge in [0.25, 0.3) is 15.8 Å². The molecule has 0 spiro atoms. The van der Waals surface area contributed by atoms with Crippen LogP contribution < -0.4 is 0 Å². The van der Waals surface area contributed by atoms with Gasteiger partial charge in [-0.25, -0.2) is 8.78 Å². The van der Waals surface area contributed by atoms with Crippen LogP contribution in [-0.4, -0.2) is 29.5 Å². The molecule has 1 aromatic carbocycles. The van der Waals surface area contributed by atoms with Crippen LogP contribution in [-0.2, 0) is 15.5 Å². The van der Waals surface area contributed by atoms with Crippen LogP contribution in [0.3, 0.4) is 0 Å². The predicted molar refractivity (Wildman–Crippen MR) is 71.1 cm³/mol. The lowest BCUT2D eigenvalue weighted by Gasteiger charge is -2.19. The van der Waals surface area contributed by atoms with Gasteiger partial charge in [0.15, 0.2) is 11.6 Å². The van der Waals surface area contributed by atoms with E-state index in [0.717, 1.165) is 6.07 Å². The smallest absolute Gasteiger partial charge is 0.286 e. The van der Waals surface area contributed by atoms with Crippen LogP contribution in [0, 0.1) is 11.6 Å².